The zero-order valence-corrected chi connectivity index (χ0v) is 10.6. The topological polar surface area (TPSA) is 9.23 Å². The minimum Gasteiger partial charge on any atom is -0.335 e. The highest BCUT2D eigenvalue weighted by molar-refractivity contribution is 4.67. The van der Waals surface area contributed by atoms with Crippen molar-refractivity contribution in [2.45, 2.75) is 45.8 Å². The smallest absolute Gasteiger partial charge is 0.335 e. The lowest BCUT2D eigenvalue weighted by Gasteiger charge is -2.44. The first kappa shape index (κ1) is 15.7. The summed E-state index contributed by atoms with van der Waals surface area (Å²) in [5.41, 5.74) is 0.340. The highest BCUT2D eigenvalue weighted by Gasteiger charge is 2.42. The molecule has 0 N–H and O–H groups in total. The van der Waals surface area contributed by atoms with Gasteiger partial charge in [0.05, 0.1) is 18.6 Å². The van der Waals surface area contributed by atoms with Gasteiger partial charge in [0.15, 0.2) is 6.73 Å². The van der Waals surface area contributed by atoms with Crippen LogP contribution >= 0.6 is 0 Å². The normalized spacial score (nSPS) is 19.5. The summed E-state index contributed by atoms with van der Waals surface area (Å²) in [4.78, 5) is 0. The first-order valence-electron chi connectivity index (χ1n) is 5.52. The highest BCUT2D eigenvalue weighted by Crippen LogP contribution is 2.30. The fraction of sp³-hybridized carbons (Fsp3) is 1.00. The standard InChI is InChI=1S/C10H22NO.CHF3/c1-10(2,3)11(9-12-4)7-5-6-8-11;2-1(3)4/h5-9H2,1-4H3;1H/q+1;. The van der Waals surface area contributed by atoms with Crippen LogP contribution in [0.15, 0.2) is 0 Å². The lowest BCUT2D eigenvalue weighted by atomic mass is 10.0. The Balaban J connectivity index is 0.000000487. The van der Waals surface area contributed by atoms with Crippen LogP contribution in [-0.2, 0) is 4.74 Å². The van der Waals surface area contributed by atoms with Crippen molar-refractivity contribution in [2.75, 3.05) is 26.9 Å². The van der Waals surface area contributed by atoms with E-state index in [0.717, 1.165) is 11.2 Å². The van der Waals surface area contributed by atoms with E-state index < -0.39 is 6.68 Å². The lowest BCUT2D eigenvalue weighted by Crippen LogP contribution is -2.59. The molecule has 98 valence electrons. The lowest BCUT2D eigenvalue weighted by molar-refractivity contribution is -0.976. The van der Waals surface area contributed by atoms with Gasteiger partial charge in [-0.15, -0.1) is 0 Å². The van der Waals surface area contributed by atoms with Gasteiger partial charge in [0.2, 0.25) is 0 Å². The molecule has 2 nitrogen and oxygen atoms in total. The molecule has 1 heterocycles. The molecule has 0 aromatic rings. The Morgan fingerprint density at radius 2 is 1.50 bits per heavy atom. The van der Waals surface area contributed by atoms with Crippen molar-refractivity contribution < 1.29 is 22.4 Å². The molecule has 1 saturated heterocycles. The molecule has 0 aliphatic carbocycles. The third-order valence-corrected chi connectivity index (χ3v) is 3.22. The summed E-state index contributed by atoms with van der Waals surface area (Å²) >= 11 is 0. The molecule has 1 rings (SSSR count). The number of hydrogen-bond donors (Lipinski definition) is 0. The van der Waals surface area contributed by atoms with Crippen molar-refractivity contribution in [2.24, 2.45) is 0 Å². The maximum Gasteiger partial charge on any atom is 0.379 e. The molecule has 0 aromatic heterocycles. The molecule has 0 aromatic carbocycles. The zero-order chi connectivity index (χ0) is 12.8. The van der Waals surface area contributed by atoms with Crippen LogP contribution in [-0.4, -0.2) is 43.6 Å². The Morgan fingerprint density at radius 3 is 1.75 bits per heavy atom. The predicted octanol–water partition coefficient (Wildman–Crippen LogP) is 3.18. The van der Waals surface area contributed by atoms with Crippen LogP contribution < -0.4 is 0 Å². The van der Waals surface area contributed by atoms with Crippen molar-refractivity contribution in [3.63, 3.8) is 0 Å². The third-order valence-electron chi connectivity index (χ3n) is 3.22. The van der Waals surface area contributed by atoms with E-state index in [-0.39, 0.29) is 0 Å². The number of alkyl halides is 3. The third kappa shape index (κ3) is 4.70. The molecular weight excluding hydrogens is 219 g/mol. The molecular formula is C11H23F3NO+. The van der Waals surface area contributed by atoms with Crippen molar-refractivity contribution in [1.29, 1.82) is 0 Å². The molecule has 1 fully saturated rings. The van der Waals surface area contributed by atoms with E-state index >= 15 is 0 Å². The number of rotatable bonds is 2. The summed E-state index contributed by atoms with van der Waals surface area (Å²) in [6, 6.07) is 0. The highest BCUT2D eigenvalue weighted by atomic mass is 19.4. The van der Waals surface area contributed by atoms with Gasteiger partial charge in [-0.25, -0.2) is 0 Å². The van der Waals surface area contributed by atoms with Gasteiger partial charge >= 0.3 is 6.68 Å². The molecule has 0 bridgehead atoms. The van der Waals surface area contributed by atoms with Crippen LogP contribution in [0.3, 0.4) is 0 Å². The van der Waals surface area contributed by atoms with Gasteiger partial charge in [-0.1, -0.05) is 0 Å². The molecule has 5 heteroatoms. The second-order valence-corrected chi connectivity index (χ2v) is 5.14. The number of nitrogens with zero attached hydrogens (tertiary/aromatic N) is 1. The summed E-state index contributed by atoms with van der Waals surface area (Å²) in [6.45, 7) is 6.74. The Kier molecular flexibility index (Phi) is 6.33. The molecule has 0 saturated carbocycles. The first-order valence-corrected chi connectivity index (χ1v) is 5.52. The minimum atomic E-state index is -3.67. The number of halogens is 3. The van der Waals surface area contributed by atoms with E-state index in [4.69, 9.17) is 4.74 Å². The average Bonchev–Trinajstić information content (AvgIpc) is 2.52. The SMILES string of the molecule is COC[N+]1(C(C)(C)C)CCCC1.FC(F)F. The first-order chi connectivity index (χ1) is 7.25. The van der Waals surface area contributed by atoms with Crippen molar-refractivity contribution in [3.05, 3.63) is 0 Å². The Bertz CT molecular complexity index is 183. The minimum absolute atomic E-state index is 0.340. The van der Waals surface area contributed by atoms with E-state index in [9.17, 15) is 13.2 Å². The molecule has 0 atom stereocenters. The average molecular weight is 242 g/mol. The summed E-state index contributed by atoms with van der Waals surface area (Å²) in [5, 5.41) is 0. The van der Waals surface area contributed by atoms with Crippen LogP contribution in [0.4, 0.5) is 13.2 Å². The van der Waals surface area contributed by atoms with Crippen LogP contribution in [0.5, 0.6) is 0 Å². The predicted molar refractivity (Wildman–Crippen MR) is 58.0 cm³/mol. The number of methoxy groups -OCH3 is 1. The Morgan fingerprint density at radius 1 is 1.12 bits per heavy atom. The molecule has 0 radical (unpaired) electrons. The largest absolute Gasteiger partial charge is 0.379 e. The van der Waals surface area contributed by atoms with Crippen LogP contribution in [0.1, 0.15) is 33.6 Å². The van der Waals surface area contributed by atoms with E-state index in [1.807, 2.05) is 7.11 Å². The number of ether oxygens (including phenoxy) is 1. The quantitative estimate of drug-likeness (QED) is 0.676. The zero-order valence-electron chi connectivity index (χ0n) is 10.6. The van der Waals surface area contributed by atoms with Crippen molar-refractivity contribution in [3.8, 4) is 0 Å². The maximum absolute atomic E-state index is 9.67. The monoisotopic (exact) mass is 242 g/mol. The Hall–Kier alpha value is -0.290. The maximum atomic E-state index is 9.67. The van der Waals surface area contributed by atoms with Crippen molar-refractivity contribution in [1.82, 2.24) is 0 Å². The molecule has 0 amide bonds. The fourth-order valence-electron chi connectivity index (χ4n) is 2.18. The molecule has 1 aliphatic heterocycles. The molecule has 0 unspecified atom stereocenters. The summed E-state index contributed by atoms with van der Waals surface area (Å²) < 4.78 is 35.5. The number of quaternary nitrogens is 1. The van der Waals surface area contributed by atoms with E-state index in [2.05, 4.69) is 20.8 Å². The van der Waals surface area contributed by atoms with Crippen LogP contribution in [0.25, 0.3) is 0 Å². The van der Waals surface area contributed by atoms with E-state index in [0.29, 0.717) is 5.54 Å². The van der Waals surface area contributed by atoms with Gasteiger partial charge in [0, 0.05) is 20.0 Å². The van der Waals surface area contributed by atoms with Gasteiger partial charge in [-0.2, -0.15) is 13.2 Å². The second-order valence-electron chi connectivity index (χ2n) is 5.14. The Labute approximate surface area is 96.0 Å². The van der Waals surface area contributed by atoms with Gasteiger partial charge in [-0.3, -0.25) is 4.48 Å². The van der Waals surface area contributed by atoms with Crippen LogP contribution in [0, 0.1) is 0 Å². The summed E-state index contributed by atoms with van der Waals surface area (Å²) in [5.74, 6) is 0. The summed E-state index contributed by atoms with van der Waals surface area (Å²) in [6.07, 6.45) is 2.72. The molecule has 0 spiro atoms. The van der Waals surface area contributed by atoms with E-state index in [1.54, 1.807) is 0 Å². The fourth-order valence-corrected chi connectivity index (χ4v) is 2.18. The number of hydrogen-bond acceptors (Lipinski definition) is 1. The second kappa shape index (κ2) is 6.45. The van der Waals surface area contributed by atoms with Gasteiger partial charge in [0.1, 0.15) is 0 Å². The van der Waals surface area contributed by atoms with Crippen molar-refractivity contribution >= 4 is 0 Å². The van der Waals surface area contributed by atoms with Gasteiger partial charge < -0.3 is 4.74 Å². The van der Waals surface area contributed by atoms with Gasteiger partial charge in [-0.05, 0) is 20.8 Å². The molecule has 1 aliphatic rings. The molecule has 16 heavy (non-hydrogen) atoms. The summed E-state index contributed by atoms with van der Waals surface area (Å²) in [7, 11) is 1.81. The number of likely N-dealkylation sites (tertiary alicyclic amines) is 1. The van der Waals surface area contributed by atoms with Crippen LogP contribution in [0.2, 0.25) is 0 Å². The van der Waals surface area contributed by atoms with E-state index in [1.165, 1.54) is 25.9 Å². The van der Waals surface area contributed by atoms with Gasteiger partial charge in [0.25, 0.3) is 0 Å².